The van der Waals surface area contributed by atoms with E-state index in [4.69, 9.17) is 4.74 Å². The van der Waals surface area contributed by atoms with E-state index >= 15 is 0 Å². The van der Waals surface area contributed by atoms with Crippen LogP contribution in [0.25, 0.3) is 0 Å². The number of fused-ring (bicyclic) bond motifs is 1. The minimum Gasteiger partial charge on any atom is -0.478 e. The zero-order chi connectivity index (χ0) is 18.7. The van der Waals surface area contributed by atoms with Crippen LogP contribution in [0.15, 0.2) is 54.6 Å². The van der Waals surface area contributed by atoms with Crippen LogP contribution in [-0.2, 0) is 20.7 Å². The van der Waals surface area contributed by atoms with E-state index < -0.39 is 36.4 Å². The molecule has 0 aromatic heterocycles. The molecule has 2 amide bonds. The molecule has 1 atom stereocenters. The summed E-state index contributed by atoms with van der Waals surface area (Å²) in [7, 11) is 0. The molecule has 26 heavy (non-hydrogen) atoms. The van der Waals surface area contributed by atoms with Crippen LogP contribution in [0.5, 0.6) is 0 Å². The average molecular weight is 353 g/mol. The van der Waals surface area contributed by atoms with Crippen LogP contribution in [0.1, 0.15) is 26.3 Å². The van der Waals surface area contributed by atoms with E-state index in [0.29, 0.717) is 5.56 Å². The van der Waals surface area contributed by atoms with Crippen molar-refractivity contribution in [2.45, 2.75) is 12.5 Å². The van der Waals surface area contributed by atoms with Crippen molar-refractivity contribution in [1.82, 2.24) is 4.90 Å². The highest BCUT2D eigenvalue weighted by Gasteiger charge is 2.37. The Bertz CT molecular complexity index is 842. The number of imide groups is 1. The number of carboxylic acids is 1. The van der Waals surface area contributed by atoms with Crippen LogP contribution >= 0.6 is 0 Å². The van der Waals surface area contributed by atoms with Gasteiger partial charge in [0, 0.05) is 6.42 Å². The number of rotatable bonds is 6. The Morgan fingerprint density at radius 1 is 0.923 bits per heavy atom. The first-order valence-electron chi connectivity index (χ1n) is 7.89. The molecule has 0 bridgehead atoms. The van der Waals surface area contributed by atoms with Gasteiger partial charge in [-0.25, -0.2) is 4.79 Å². The Hall–Kier alpha value is -3.48. The molecule has 0 aliphatic carbocycles. The van der Waals surface area contributed by atoms with Crippen molar-refractivity contribution in [3.8, 4) is 0 Å². The van der Waals surface area contributed by atoms with Gasteiger partial charge in [0.05, 0.1) is 11.1 Å². The molecule has 1 aliphatic heterocycles. The maximum Gasteiger partial charge on any atom is 0.345 e. The number of aliphatic carboxylic acids is 1. The van der Waals surface area contributed by atoms with E-state index in [1.165, 1.54) is 12.1 Å². The molecule has 0 radical (unpaired) electrons. The zero-order valence-electron chi connectivity index (χ0n) is 13.6. The highest BCUT2D eigenvalue weighted by molar-refractivity contribution is 6.22. The number of hydrogen-bond donors (Lipinski definition) is 1. The third-order valence-corrected chi connectivity index (χ3v) is 3.98. The van der Waals surface area contributed by atoms with Crippen molar-refractivity contribution in [1.29, 1.82) is 0 Å². The van der Waals surface area contributed by atoms with Gasteiger partial charge in [0.25, 0.3) is 11.8 Å². The Morgan fingerprint density at radius 3 is 2.00 bits per heavy atom. The Kier molecular flexibility index (Phi) is 4.79. The SMILES string of the molecule is O=C(CN1C(=O)c2ccccc2C1=O)O[C@H](Cc1ccccc1)C(=O)O. The summed E-state index contributed by atoms with van der Waals surface area (Å²) in [4.78, 5) is 48.7. The number of nitrogens with zero attached hydrogens (tertiary/aromatic N) is 1. The van der Waals surface area contributed by atoms with E-state index in [2.05, 4.69) is 0 Å². The van der Waals surface area contributed by atoms with Gasteiger partial charge in [-0.2, -0.15) is 0 Å². The average Bonchev–Trinajstić information content (AvgIpc) is 2.87. The minimum absolute atomic E-state index is 0.00989. The van der Waals surface area contributed by atoms with Gasteiger partial charge in [0.15, 0.2) is 0 Å². The van der Waals surface area contributed by atoms with Crippen molar-refractivity contribution in [2.24, 2.45) is 0 Å². The lowest BCUT2D eigenvalue weighted by atomic mass is 10.1. The summed E-state index contributed by atoms with van der Waals surface area (Å²) in [5, 5.41) is 9.27. The van der Waals surface area contributed by atoms with Crippen molar-refractivity contribution < 1.29 is 29.0 Å². The highest BCUT2D eigenvalue weighted by Crippen LogP contribution is 2.22. The first kappa shape index (κ1) is 17.3. The molecule has 0 saturated carbocycles. The predicted octanol–water partition coefficient (Wildman–Crippen LogP) is 1.52. The van der Waals surface area contributed by atoms with Gasteiger partial charge in [-0.05, 0) is 17.7 Å². The van der Waals surface area contributed by atoms with Gasteiger partial charge in [-0.3, -0.25) is 19.3 Å². The van der Waals surface area contributed by atoms with Crippen molar-refractivity contribution in [3.63, 3.8) is 0 Å². The Balaban J connectivity index is 1.67. The summed E-state index contributed by atoms with van der Waals surface area (Å²) in [6.45, 7) is -0.634. The van der Waals surface area contributed by atoms with Crippen molar-refractivity contribution >= 4 is 23.8 Å². The van der Waals surface area contributed by atoms with E-state index in [-0.39, 0.29) is 17.5 Å². The third-order valence-electron chi connectivity index (χ3n) is 3.98. The first-order valence-corrected chi connectivity index (χ1v) is 7.89. The second-order valence-electron chi connectivity index (χ2n) is 5.75. The van der Waals surface area contributed by atoms with Crippen LogP contribution < -0.4 is 0 Å². The number of esters is 1. The van der Waals surface area contributed by atoms with Crippen LogP contribution in [0.3, 0.4) is 0 Å². The van der Waals surface area contributed by atoms with E-state index in [1.54, 1.807) is 42.5 Å². The van der Waals surface area contributed by atoms with E-state index in [0.717, 1.165) is 4.90 Å². The molecule has 7 heteroatoms. The fourth-order valence-electron chi connectivity index (χ4n) is 2.72. The number of carbonyl (C=O) groups excluding carboxylic acids is 3. The van der Waals surface area contributed by atoms with Crippen LogP contribution in [0.2, 0.25) is 0 Å². The summed E-state index contributed by atoms with van der Waals surface area (Å²) in [6.07, 6.45) is -1.41. The first-order chi connectivity index (χ1) is 12.5. The molecule has 2 aromatic carbocycles. The molecule has 1 N–H and O–H groups in total. The topological polar surface area (TPSA) is 101 Å². The van der Waals surface area contributed by atoms with Crippen molar-refractivity contribution in [2.75, 3.05) is 6.54 Å². The number of ether oxygens (including phenoxy) is 1. The lowest BCUT2D eigenvalue weighted by Gasteiger charge is -2.17. The van der Waals surface area contributed by atoms with Crippen LogP contribution in [0, 0.1) is 0 Å². The second kappa shape index (κ2) is 7.18. The molecular formula is C19H15NO6. The lowest BCUT2D eigenvalue weighted by molar-refractivity contribution is -0.163. The van der Waals surface area contributed by atoms with E-state index in [9.17, 15) is 24.3 Å². The van der Waals surface area contributed by atoms with Gasteiger partial charge >= 0.3 is 11.9 Å². The summed E-state index contributed by atoms with van der Waals surface area (Å²) in [6, 6.07) is 14.9. The highest BCUT2D eigenvalue weighted by atomic mass is 16.6. The Labute approximate surface area is 148 Å². The molecule has 7 nitrogen and oxygen atoms in total. The summed E-state index contributed by atoms with van der Waals surface area (Å²) in [5.41, 5.74) is 1.11. The molecule has 132 valence electrons. The minimum atomic E-state index is -1.40. The van der Waals surface area contributed by atoms with Gasteiger partial charge in [0.2, 0.25) is 6.10 Å². The number of benzene rings is 2. The van der Waals surface area contributed by atoms with Gasteiger partial charge in [-0.1, -0.05) is 42.5 Å². The molecule has 1 aliphatic rings. The maximum atomic E-state index is 12.2. The molecule has 0 saturated heterocycles. The Morgan fingerprint density at radius 2 is 1.46 bits per heavy atom. The number of hydrogen-bond acceptors (Lipinski definition) is 5. The quantitative estimate of drug-likeness (QED) is 0.624. The predicted molar refractivity (Wildman–Crippen MR) is 89.5 cm³/mol. The fourth-order valence-corrected chi connectivity index (χ4v) is 2.72. The number of carboxylic acid groups (broad SMARTS) is 1. The summed E-state index contributed by atoms with van der Waals surface area (Å²) < 4.78 is 4.99. The largest absolute Gasteiger partial charge is 0.478 e. The summed E-state index contributed by atoms with van der Waals surface area (Å²) in [5.74, 6) is -3.46. The molecule has 1 heterocycles. The molecule has 0 spiro atoms. The smallest absolute Gasteiger partial charge is 0.345 e. The monoisotopic (exact) mass is 353 g/mol. The van der Waals surface area contributed by atoms with Gasteiger partial charge < -0.3 is 9.84 Å². The lowest BCUT2D eigenvalue weighted by Crippen LogP contribution is -2.38. The van der Waals surface area contributed by atoms with Crippen LogP contribution in [0.4, 0.5) is 0 Å². The molecule has 2 aromatic rings. The number of amides is 2. The second-order valence-corrected chi connectivity index (χ2v) is 5.75. The molecule has 0 unspecified atom stereocenters. The van der Waals surface area contributed by atoms with E-state index in [1.807, 2.05) is 0 Å². The zero-order valence-corrected chi connectivity index (χ0v) is 13.6. The fraction of sp³-hybridized carbons (Fsp3) is 0.158. The summed E-state index contributed by atoms with van der Waals surface area (Å²) >= 11 is 0. The molecular weight excluding hydrogens is 338 g/mol. The molecule has 0 fully saturated rings. The third kappa shape index (κ3) is 3.46. The normalized spacial score (nSPS) is 14.1. The number of carbonyl (C=O) groups is 4. The standard InChI is InChI=1S/C19H15NO6/c21-16(26-15(19(24)25)10-12-6-2-1-3-7-12)11-20-17(22)13-8-4-5-9-14(13)18(20)23/h1-9,15H,10-11H2,(H,24,25)/t15-/m1/s1. The van der Waals surface area contributed by atoms with Crippen molar-refractivity contribution in [3.05, 3.63) is 71.3 Å². The van der Waals surface area contributed by atoms with Gasteiger partial charge in [-0.15, -0.1) is 0 Å². The van der Waals surface area contributed by atoms with Gasteiger partial charge in [0.1, 0.15) is 6.54 Å². The van der Waals surface area contributed by atoms with Crippen LogP contribution in [-0.4, -0.2) is 46.4 Å². The molecule has 3 rings (SSSR count). The maximum absolute atomic E-state index is 12.2.